The van der Waals surface area contributed by atoms with Gasteiger partial charge < -0.3 is 15.0 Å². The zero-order valence-corrected chi connectivity index (χ0v) is 12.1. The van der Waals surface area contributed by atoms with Crippen LogP contribution in [0, 0.1) is 0 Å². The van der Waals surface area contributed by atoms with E-state index in [0.29, 0.717) is 6.04 Å². The predicted octanol–water partition coefficient (Wildman–Crippen LogP) is 2.69. The lowest BCUT2D eigenvalue weighted by Crippen LogP contribution is -2.25. The van der Waals surface area contributed by atoms with Gasteiger partial charge in [-0.05, 0) is 58.2 Å². The van der Waals surface area contributed by atoms with E-state index in [0.717, 1.165) is 31.9 Å². The summed E-state index contributed by atoms with van der Waals surface area (Å²) in [6.45, 7) is 6.95. The van der Waals surface area contributed by atoms with Gasteiger partial charge in [0.05, 0.1) is 6.61 Å². The Bertz CT molecular complexity index is 322. The first-order valence-corrected chi connectivity index (χ1v) is 6.78. The van der Waals surface area contributed by atoms with Gasteiger partial charge in [0, 0.05) is 6.04 Å². The third kappa shape index (κ3) is 5.07. The summed E-state index contributed by atoms with van der Waals surface area (Å²) in [4.78, 5) is 2.22. The van der Waals surface area contributed by atoms with Crippen LogP contribution in [0.1, 0.15) is 31.9 Å². The van der Waals surface area contributed by atoms with Crippen LogP contribution in [-0.2, 0) is 0 Å². The van der Waals surface area contributed by atoms with Crippen LogP contribution >= 0.6 is 0 Å². The van der Waals surface area contributed by atoms with Gasteiger partial charge in [-0.1, -0.05) is 19.1 Å². The maximum atomic E-state index is 5.47. The molecule has 0 aromatic heterocycles. The van der Waals surface area contributed by atoms with E-state index in [9.17, 15) is 0 Å². The summed E-state index contributed by atoms with van der Waals surface area (Å²) in [6, 6.07) is 8.85. The van der Waals surface area contributed by atoms with Gasteiger partial charge in [0.2, 0.25) is 0 Å². The highest BCUT2D eigenvalue weighted by Gasteiger charge is 2.10. The van der Waals surface area contributed by atoms with Crippen molar-refractivity contribution in [1.29, 1.82) is 0 Å². The predicted molar refractivity (Wildman–Crippen MR) is 77.2 cm³/mol. The van der Waals surface area contributed by atoms with E-state index in [1.807, 2.05) is 6.92 Å². The Labute approximate surface area is 111 Å². The highest BCUT2D eigenvalue weighted by Crippen LogP contribution is 2.20. The second-order valence-corrected chi connectivity index (χ2v) is 4.70. The minimum Gasteiger partial charge on any atom is -0.494 e. The summed E-state index contributed by atoms with van der Waals surface area (Å²) >= 11 is 0. The lowest BCUT2D eigenvalue weighted by molar-refractivity contribution is 0.339. The van der Waals surface area contributed by atoms with Crippen LogP contribution in [0.5, 0.6) is 5.75 Å². The summed E-state index contributed by atoms with van der Waals surface area (Å²) in [5.41, 5.74) is 1.34. The summed E-state index contributed by atoms with van der Waals surface area (Å²) in [7, 11) is 4.22. The van der Waals surface area contributed by atoms with Crippen molar-refractivity contribution in [2.24, 2.45) is 0 Å². The third-order valence-corrected chi connectivity index (χ3v) is 2.91. The van der Waals surface area contributed by atoms with Crippen molar-refractivity contribution in [2.45, 2.75) is 26.3 Å². The number of benzene rings is 1. The number of rotatable bonds is 8. The van der Waals surface area contributed by atoms with Crippen molar-refractivity contribution in [1.82, 2.24) is 10.2 Å². The Kier molecular flexibility index (Phi) is 6.76. The first kappa shape index (κ1) is 15.0. The van der Waals surface area contributed by atoms with Crippen molar-refractivity contribution in [3.8, 4) is 5.75 Å². The molecule has 0 saturated heterocycles. The summed E-state index contributed by atoms with van der Waals surface area (Å²) in [5.74, 6) is 0.948. The normalized spacial score (nSPS) is 12.7. The van der Waals surface area contributed by atoms with Gasteiger partial charge in [0.15, 0.2) is 0 Å². The molecule has 3 nitrogen and oxygen atoms in total. The van der Waals surface area contributed by atoms with Crippen molar-refractivity contribution in [3.63, 3.8) is 0 Å². The molecule has 1 atom stereocenters. The summed E-state index contributed by atoms with van der Waals surface area (Å²) in [5, 5.41) is 3.54. The number of ether oxygens (including phenoxy) is 1. The van der Waals surface area contributed by atoms with Gasteiger partial charge in [0.1, 0.15) is 5.75 Å². The van der Waals surface area contributed by atoms with Crippen LogP contribution in [0.25, 0.3) is 0 Å². The maximum Gasteiger partial charge on any atom is 0.119 e. The molecule has 0 aliphatic heterocycles. The van der Waals surface area contributed by atoms with Crippen LogP contribution in [-0.4, -0.2) is 38.7 Å². The Morgan fingerprint density at radius 1 is 1.17 bits per heavy atom. The Hall–Kier alpha value is -1.06. The zero-order valence-electron chi connectivity index (χ0n) is 12.1. The molecule has 0 radical (unpaired) electrons. The van der Waals surface area contributed by atoms with Crippen molar-refractivity contribution in [3.05, 3.63) is 29.8 Å². The van der Waals surface area contributed by atoms with E-state index >= 15 is 0 Å². The molecule has 1 unspecified atom stereocenters. The van der Waals surface area contributed by atoms with Crippen LogP contribution in [0.3, 0.4) is 0 Å². The second-order valence-electron chi connectivity index (χ2n) is 4.70. The molecule has 102 valence electrons. The number of nitrogens with one attached hydrogen (secondary N) is 1. The molecule has 1 N–H and O–H groups in total. The summed E-state index contributed by atoms with van der Waals surface area (Å²) < 4.78 is 5.47. The lowest BCUT2D eigenvalue weighted by atomic mass is 10.0. The molecule has 3 heteroatoms. The van der Waals surface area contributed by atoms with E-state index < -0.39 is 0 Å². The number of nitrogens with zero attached hydrogens (tertiary/aromatic N) is 1. The molecule has 18 heavy (non-hydrogen) atoms. The minimum absolute atomic E-state index is 0.424. The molecule has 0 saturated carbocycles. The molecule has 0 heterocycles. The first-order chi connectivity index (χ1) is 8.67. The Balaban J connectivity index is 2.65. The highest BCUT2D eigenvalue weighted by molar-refractivity contribution is 5.29. The van der Waals surface area contributed by atoms with E-state index in [1.165, 1.54) is 5.56 Å². The van der Waals surface area contributed by atoms with E-state index in [4.69, 9.17) is 4.74 Å². The van der Waals surface area contributed by atoms with Gasteiger partial charge in [-0.2, -0.15) is 0 Å². The lowest BCUT2D eigenvalue weighted by Gasteiger charge is -2.20. The van der Waals surface area contributed by atoms with Gasteiger partial charge in [-0.15, -0.1) is 0 Å². The third-order valence-electron chi connectivity index (χ3n) is 2.91. The largest absolute Gasteiger partial charge is 0.494 e. The van der Waals surface area contributed by atoms with Crippen molar-refractivity contribution in [2.75, 3.05) is 33.8 Å². The van der Waals surface area contributed by atoms with Crippen molar-refractivity contribution >= 4 is 0 Å². The molecular weight excluding hydrogens is 224 g/mol. The summed E-state index contributed by atoms with van der Waals surface area (Å²) in [6.07, 6.45) is 1.12. The van der Waals surface area contributed by atoms with E-state index in [1.54, 1.807) is 0 Å². The Morgan fingerprint density at radius 2 is 1.83 bits per heavy atom. The minimum atomic E-state index is 0.424. The van der Waals surface area contributed by atoms with E-state index in [2.05, 4.69) is 55.5 Å². The molecule has 1 rings (SSSR count). The SMILES string of the molecule is CCNC(CCN(C)C)c1ccc(OCC)cc1. The Morgan fingerprint density at radius 3 is 2.33 bits per heavy atom. The second kappa shape index (κ2) is 8.11. The standard InChI is InChI=1S/C15H26N2O/c1-5-16-15(11-12-17(3)4)13-7-9-14(10-8-13)18-6-2/h7-10,15-16H,5-6,11-12H2,1-4H3. The molecule has 1 aromatic rings. The van der Waals surface area contributed by atoms with Crippen molar-refractivity contribution < 1.29 is 4.74 Å². The molecule has 0 fully saturated rings. The molecule has 0 aliphatic carbocycles. The van der Waals surface area contributed by atoms with Crippen LogP contribution in [0.2, 0.25) is 0 Å². The number of hydrogen-bond donors (Lipinski definition) is 1. The molecular formula is C15H26N2O. The quantitative estimate of drug-likeness (QED) is 0.767. The molecule has 0 amide bonds. The highest BCUT2D eigenvalue weighted by atomic mass is 16.5. The maximum absolute atomic E-state index is 5.47. The van der Waals surface area contributed by atoms with Gasteiger partial charge >= 0.3 is 0 Å². The van der Waals surface area contributed by atoms with E-state index in [-0.39, 0.29) is 0 Å². The molecule has 1 aromatic carbocycles. The monoisotopic (exact) mass is 250 g/mol. The van der Waals surface area contributed by atoms with Gasteiger partial charge in [-0.25, -0.2) is 0 Å². The fourth-order valence-electron chi connectivity index (χ4n) is 1.98. The topological polar surface area (TPSA) is 24.5 Å². The van der Waals surface area contributed by atoms with Crippen LogP contribution in [0.15, 0.2) is 24.3 Å². The smallest absolute Gasteiger partial charge is 0.119 e. The zero-order chi connectivity index (χ0) is 13.4. The average molecular weight is 250 g/mol. The molecule has 0 spiro atoms. The average Bonchev–Trinajstić information content (AvgIpc) is 2.36. The fraction of sp³-hybridized carbons (Fsp3) is 0.600. The number of hydrogen-bond acceptors (Lipinski definition) is 3. The van der Waals surface area contributed by atoms with Crippen LogP contribution in [0.4, 0.5) is 0 Å². The molecule has 0 aliphatic rings. The van der Waals surface area contributed by atoms with Gasteiger partial charge in [-0.3, -0.25) is 0 Å². The van der Waals surface area contributed by atoms with Crippen LogP contribution < -0.4 is 10.1 Å². The molecule has 0 bridgehead atoms. The van der Waals surface area contributed by atoms with Gasteiger partial charge in [0.25, 0.3) is 0 Å². The first-order valence-electron chi connectivity index (χ1n) is 6.78. The fourth-order valence-corrected chi connectivity index (χ4v) is 1.98.